The molecule has 1 aliphatic heterocycles. The SMILES string of the molecule is CN(C)CC(O)C[C@@H]1Cc2ccc(CC(=O)c3c(Cl)cccc3Cl)nc2N(S(=O)(=O)c2cccc(Cl)c2)C1. The Bertz CT molecular complexity index is 1430. The molecule has 0 amide bonds. The van der Waals surface area contributed by atoms with Gasteiger partial charge in [-0.3, -0.25) is 4.79 Å². The van der Waals surface area contributed by atoms with Crippen LogP contribution in [0, 0.1) is 5.92 Å². The Kier molecular flexibility index (Phi) is 9.02. The topological polar surface area (TPSA) is 90.8 Å². The van der Waals surface area contributed by atoms with Crippen molar-refractivity contribution in [2.75, 3.05) is 31.5 Å². The van der Waals surface area contributed by atoms with E-state index in [2.05, 4.69) is 4.98 Å². The van der Waals surface area contributed by atoms with Crippen LogP contribution in [-0.2, 0) is 22.9 Å². The van der Waals surface area contributed by atoms with Gasteiger partial charge in [0.2, 0.25) is 0 Å². The summed E-state index contributed by atoms with van der Waals surface area (Å²) in [5.74, 6) is -0.195. The van der Waals surface area contributed by atoms with Gasteiger partial charge in [0, 0.05) is 18.1 Å². The van der Waals surface area contributed by atoms with Crippen molar-refractivity contribution in [3.8, 4) is 0 Å². The number of fused-ring (bicyclic) bond motifs is 1. The summed E-state index contributed by atoms with van der Waals surface area (Å²) in [7, 11) is -0.288. The van der Waals surface area contributed by atoms with E-state index >= 15 is 0 Å². The first-order valence-electron chi connectivity index (χ1n) is 12.0. The Morgan fingerprint density at radius 3 is 2.45 bits per heavy atom. The molecule has 4 rings (SSSR count). The normalized spacial score (nSPS) is 16.4. The minimum absolute atomic E-state index is 0.0385. The van der Waals surface area contributed by atoms with E-state index < -0.39 is 16.1 Å². The molecule has 2 heterocycles. The number of sulfonamides is 1. The molecule has 0 fully saturated rings. The van der Waals surface area contributed by atoms with E-state index in [0.717, 1.165) is 5.56 Å². The number of rotatable bonds is 9. The maximum atomic E-state index is 13.8. The average Bonchev–Trinajstić information content (AvgIpc) is 2.83. The van der Waals surface area contributed by atoms with E-state index in [1.807, 2.05) is 19.0 Å². The molecule has 2 atom stereocenters. The first-order chi connectivity index (χ1) is 18.0. The van der Waals surface area contributed by atoms with E-state index in [9.17, 15) is 18.3 Å². The lowest BCUT2D eigenvalue weighted by Crippen LogP contribution is -2.42. The second-order valence-corrected chi connectivity index (χ2v) is 12.8. The van der Waals surface area contributed by atoms with Crippen molar-refractivity contribution in [3.05, 3.63) is 86.5 Å². The number of hydrogen-bond acceptors (Lipinski definition) is 6. The van der Waals surface area contributed by atoms with Crippen molar-refractivity contribution in [2.24, 2.45) is 5.92 Å². The van der Waals surface area contributed by atoms with Gasteiger partial charge in [0.15, 0.2) is 5.78 Å². The van der Waals surface area contributed by atoms with Gasteiger partial charge in [0.25, 0.3) is 10.0 Å². The van der Waals surface area contributed by atoms with Crippen molar-refractivity contribution >= 4 is 56.4 Å². The van der Waals surface area contributed by atoms with Gasteiger partial charge < -0.3 is 10.0 Å². The summed E-state index contributed by atoms with van der Waals surface area (Å²) in [6.07, 6.45) is 0.244. The molecule has 38 heavy (non-hydrogen) atoms. The van der Waals surface area contributed by atoms with Gasteiger partial charge in [-0.1, -0.05) is 53.0 Å². The Labute approximate surface area is 238 Å². The zero-order valence-electron chi connectivity index (χ0n) is 20.9. The minimum Gasteiger partial charge on any atom is -0.392 e. The number of ketones is 1. The summed E-state index contributed by atoms with van der Waals surface area (Å²) in [4.78, 5) is 19.6. The molecule has 0 saturated carbocycles. The van der Waals surface area contributed by atoms with Crippen LogP contribution in [0.4, 0.5) is 5.82 Å². The molecule has 0 aliphatic carbocycles. The summed E-state index contributed by atoms with van der Waals surface area (Å²) >= 11 is 18.5. The van der Waals surface area contributed by atoms with E-state index in [1.165, 1.54) is 16.4 Å². The molecule has 1 unspecified atom stereocenters. The minimum atomic E-state index is -4.03. The summed E-state index contributed by atoms with van der Waals surface area (Å²) in [6.45, 7) is 0.599. The van der Waals surface area contributed by atoms with Crippen molar-refractivity contribution in [1.29, 1.82) is 0 Å². The van der Waals surface area contributed by atoms with Crippen LogP contribution in [0.3, 0.4) is 0 Å². The molecule has 1 aliphatic rings. The lowest BCUT2D eigenvalue weighted by atomic mass is 9.90. The standard InChI is InChI=1S/C27H28Cl3N3O4S/c1-32(2)16-21(34)12-17-11-18-9-10-20(14-25(35)26-23(29)7-4-8-24(26)30)31-27(18)33(15-17)38(36,37)22-6-3-5-19(28)13-22/h3-10,13,17,21,34H,11-12,14-16H2,1-2H3/t17-,21?/m0/s1. The van der Waals surface area contributed by atoms with Crippen molar-refractivity contribution < 1.29 is 18.3 Å². The fraction of sp³-hybridized carbons (Fsp3) is 0.333. The number of pyridine rings is 1. The maximum Gasteiger partial charge on any atom is 0.265 e. The van der Waals surface area contributed by atoms with E-state index in [-0.39, 0.29) is 51.0 Å². The third-order valence-electron chi connectivity index (χ3n) is 6.33. The third kappa shape index (κ3) is 6.50. The molecule has 0 radical (unpaired) electrons. The number of carbonyl (C=O) groups excluding carboxylic acids is 1. The van der Waals surface area contributed by atoms with Crippen LogP contribution in [0.15, 0.2) is 59.5 Å². The maximum absolute atomic E-state index is 13.8. The van der Waals surface area contributed by atoms with Gasteiger partial charge >= 0.3 is 0 Å². The van der Waals surface area contributed by atoms with Crippen LogP contribution >= 0.6 is 34.8 Å². The number of benzene rings is 2. The molecule has 7 nitrogen and oxygen atoms in total. The molecule has 1 aromatic heterocycles. The fourth-order valence-electron chi connectivity index (χ4n) is 4.71. The highest BCUT2D eigenvalue weighted by molar-refractivity contribution is 7.92. The van der Waals surface area contributed by atoms with E-state index in [0.29, 0.717) is 30.1 Å². The molecule has 3 aromatic rings. The number of aliphatic hydroxyl groups excluding tert-OH is 1. The van der Waals surface area contributed by atoms with Gasteiger partial charge in [-0.25, -0.2) is 17.7 Å². The number of carbonyl (C=O) groups is 1. The van der Waals surface area contributed by atoms with Gasteiger partial charge in [-0.15, -0.1) is 0 Å². The van der Waals surface area contributed by atoms with Gasteiger partial charge in [-0.05, 0) is 74.8 Å². The Morgan fingerprint density at radius 2 is 1.79 bits per heavy atom. The van der Waals surface area contributed by atoms with E-state index in [4.69, 9.17) is 34.8 Å². The number of nitrogens with zero attached hydrogens (tertiary/aromatic N) is 3. The number of aliphatic hydroxyl groups is 1. The fourth-order valence-corrected chi connectivity index (χ4v) is 7.15. The van der Waals surface area contributed by atoms with Crippen LogP contribution in [0.25, 0.3) is 0 Å². The predicted molar refractivity (Wildman–Crippen MR) is 151 cm³/mol. The van der Waals surface area contributed by atoms with Crippen LogP contribution in [-0.4, -0.2) is 62.5 Å². The molecule has 2 aromatic carbocycles. The smallest absolute Gasteiger partial charge is 0.265 e. The zero-order valence-corrected chi connectivity index (χ0v) is 24.0. The molecule has 11 heteroatoms. The summed E-state index contributed by atoms with van der Waals surface area (Å²) < 4.78 is 28.9. The van der Waals surface area contributed by atoms with Crippen molar-refractivity contribution in [1.82, 2.24) is 9.88 Å². The first kappa shape index (κ1) is 28.8. The average molecular weight is 597 g/mol. The van der Waals surface area contributed by atoms with Crippen LogP contribution in [0.1, 0.15) is 28.0 Å². The molecule has 0 spiro atoms. The molecule has 0 saturated heterocycles. The Morgan fingerprint density at radius 1 is 1.11 bits per heavy atom. The number of likely N-dealkylation sites (N-methyl/N-ethyl adjacent to an activating group) is 1. The van der Waals surface area contributed by atoms with Gasteiger partial charge in [0.1, 0.15) is 5.82 Å². The lowest BCUT2D eigenvalue weighted by Gasteiger charge is -2.35. The molecule has 202 valence electrons. The third-order valence-corrected chi connectivity index (χ3v) is 8.95. The van der Waals surface area contributed by atoms with Gasteiger partial charge in [0.05, 0.1) is 38.7 Å². The second kappa shape index (κ2) is 11.9. The molecular formula is C27H28Cl3N3O4S. The van der Waals surface area contributed by atoms with Gasteiger partial charge in [-0.2, -0.15) is 0 Å². The number of halogens is 3. The first-order valence-corrected chi connectivity index (χ1v) is 14.6. The number of aromatic nitrogens is 1. The van der Waals surface area contributed by atoms with Crippen molar-refractivity contribution in [2.45, 2.75) is 30.3 Å². The van der Waals surface area contributed by atoms with Crippen LogP contribution < -0.4 is 4.31 Å². The molecule has 1 N–H and O–H groups in total. The quantitative estimate of drug-likeness (QED) is 0.344. The summed E-state index contributed by atoms with van der Waals surface area (Å²) in [5, 5.41) is 11.3. The highest BCUT2D eigenvalue weighted by Crippen LogP contribution is 2.35. The largest absolute Gasteiger partial charge is 0.392 e. The number of hydrogen-bond donors (Lipinski definition) is 1. The highest BCUT2D eigenvalue weighted by Gasteiger charge is 2.35. The van der Waals surface area contributed by atoms with Crippen LogP contribution in [0.5, 0.6) is 0 Å². The number of Topliss-reactive ketones (excluding diaryl/α,β-unsaturated/α-hetero) is 1. The van der Waals surface area contributed by atoms with Crippen LogP contribution in [0.2, 0.25) is 15.1 Å². The lowest BCUT2D eigenvalue weighted by molar-refractivity contribution is 0.0991. The molecule has 0 bridgehead atoms. The zero-order chi connectivity index (χ0) is 27.6. The van der Waals surface area contributed by atoms with E-state index in [1.54, 1.807) is 42.5 Å². The highest BCUT2D eigenvalue weighted by atomic mass is 35.5. The Hall–Kier alpha value is -2.20. The summed E-state index contributed by atoms with van der Waals surface area (Å²) in [5.41, 5.74) is 1.31. The number of anilines is 1. The van der Waals surface area contributed by atoms with Crippen molar-refractivity contribution in [3.63, 3.8) is 0 Å². The summed E-state index contributed by atoms with van der Waals surface area (Å²) in [6, 6.07) is 14.4. The second-order valence-electron chi connectivity index (χ2n) is 9.70. The predicted octanol–water partition coefficient (Wildman–Crippen LogP) is 5.15. The monoisotopic (exact) mass is 595 g/mol. The molecular weight excluding hydrogens is 569 g/mol. The Balaban J connectivity index is 1.71.